The normalized spacial score (nSPS) is 10.1. The van der Waals surface area contributed by atoms with Crippen molar-refractivity contribution >= 4 is 0 Å². The topological polar surface area (TPSA) is 22.1 Å². The van der Waals surface area contributed by atoms with Gasteiger partial charge in [0.25, 0.3) is 0 Å². The van der Waals surface area contributed by atoms with Gasteiger partial charge < -0.3 is 4.74 Å². The Labute approximate surface area is 112 Å². The lowest BCUT2D eigenvalue weighted by atomic mass is 10.1. The van der Waals surface area contributed by atoms with E-state index in [0.29, 0.717) is 5.88 Å². The third-order valence-electron chi connectivity index (χ3n) is 2.81. The number of hydrogen-bond donors (Lipinski definition) is 0. The van der Waals surface area contributed by atoms with Gasteiger partial charge >= 0.3 is 0 Å². The van der Waals surface area contributed by atoms with E-state index in [9.17, 15) is 0 Å². The average Bonchev–Trinajstić information content (AvgIpc) is 2.49. The second kappa shape index (κ2) is 5.36. The molecule has 3 aromatic rings. The fraction of sp³-hybridized carbons (Fsp3) is 0. The van der Waals surface area contributed by atoms with Crippen LogP contribution in [0, 0.1) is 0 Å². The van der Waals surface area contributed by atoms with Gasteiger partial charge in [-0.25, -0.2) is 4.98 Å². The summed E-state index contributed by atoms with van der Waals surface area (Å²) in [5.41, 5.74) is 2.25. The Balaban J connectivity index is 1.89. The van der Waals surface area contributed by atoms with Gasteiger partial charge in [-0.3, -0.25) is 0 Å². The van der Waals surface area contributed by atoms with Crippen LogP contribution in [0.4, 0.5) is 0 Å². The first-order valence-corrected chi connectivity index (χ1v) is 6.16. The highest BCUT2D eigenvalue weighted by atomic mass is 16.5. The van der Waals surface area contributed by atoms with Crippen LogP contribution < -0.4 is 4.74 Å². The summed E-state index contributed by atoms with van der Waals surface area (Å²) in [6.45, 7) is 0. The smallest absolute Gasteiger partial charge is 0.219 e. The Morgan fingerprint density at radius 1 is 0.684 bits per heavy atom. The third-order valence-corrected chi connectivity index (χ3v) is 2.81. The minimum Gasteiger partial charge on any atom is -0.439 e. The molecule has 0 aliphatic rings. The average molecular weight is 247 g/mol. The minimum atomic E-state index is 0.604. The van der Waals surface area contributed by atoms with Gasteiger partial charge in [-0.2, -0.15) is 0 Å². The molecule has 0 aliphatic carbocycles. The highest BCUT2D eigenvalue weighted by Gasteiger charge is 2.01. The lowest BCUT2D eigenvalue weighted by molar-refractivity contribution is 0.463. The molecule has 0 saturated carbocycles. The molecule has 0 N–H and O–H groups in total. The molecule has 19 heavy (non-hydrogen) atoms. The second-order valence-corrected chi connectivity index (χ2v) is 4.16. The number of pyridine rings is 1. The highest BCUT2D eigenvalue weighted by Crippen LogP contribution is 2.24. The number of benzene rings is 2. The maximum absolute atomic E-state index is 5.73. The third kappa shape index (κ3) is 2.80. The van der Waals surface area contributed by atoms with Gasteiger partial charge in [0.1, 0.15) is 5.75 Å². The molecule has 2 aromatic carbocycles. The zero-order chi connectivity index (χ0) is 12.9. The van der Waals surface area contributed by atoms with Crippen molar-refractivity contribution in [1.82, 2.24) is 4.98 Å². The molecule has 0 unspecified atom stereocenters. The van der Waals surface area contributed by atoms with Crippen LogP contribution in [0.15, 0.2) is 79.0 Å². The van der Waals surface area contributed by atoms with Crippen LogP contribution >= 0.6 is 0 Å². The summed E-state index contributed by atoms with van der Waals surface area (Å²) >= 11 is 0. The summed E-state index contributed by atoms with van der Waals surface area (Å²) in [5.74, 6) is 1.40. The molecule has 2 heteroatoms. The Hall–Kier alpha value is -2.61. The lowest BCUT2D eigenvalue weighted by Gasteiger charge is -2.06. The van der Waals surface area contributed by atoms with E-state index in [1.807, 2.05) is 60.7 Å². The fourth-order valence-electron chi connectivity index (χ4n) is 1.88. The molecule has 0 atom stereocenters. The van der Waals surface area contributed by atoms with Crippen molar-refractivity contribution in [1.29, 1.82) is 0 Å². The first-order valence-electron chi connectivity index (χ1n) is 6.16. The molecule has 92 valence electrons. The molecule has 0 amide bonds. The van der Waals surface area contributed by atoms with E-state index in [-0.39, 0.29) is 0 Å². The van der Waals surface area contributed by atoms with Crippen molar-refractivity contribution in [2.75, 3.05) is 0 Å². The predicted molar refractivity (Wildman–Crippen MR) is 76.2 cm³/mol. The SMILES string of the molecule is c1ccc(Oc2cc(-c3ccccc3)ccn2)cc1. The summed E-state index contributed by atoms with van der Waals surface area (Å²) in [5, 5.41) is 0. The molecule has 2 nitrogen and oxygen atoms in total. The number of para-hydroxylation sites is 1. The summed E-state index contributed by atoms with van der Waals surface area (Å²) in [6.07, 6.45) is 1.76. The zero-order valence-electron chi connectivity index (χ0n) is 10.4. The summed E-state index contributed by atoms with van der Waals surface area (Å²) < 4.78 is 5.73. The van der Waals surface area contributed by atoms with Crippen LogP contribution in [0.3, 0.4) is 0 Å². The van der Waals surface area contributed by atoms with Gasteiger partial charge in [0.05, 0.1) is 0 Å². The standard InChI is InChI=1S/C17H13NO/c1-3-7-14(8-4-1)15-11-12-18-17(13-15)19-16-9-5-2-6-10-16/h1-13H. The van der Waals surface area contributed by atoms with E-state index in [1.165, 1.54) is 0 Å². The van der Waals surface area contributed by atoms with Crippen molar-refractivity contribution in [3.05, 3.63) is 79.0 Å². The molecule has 0 fully saturated rings. The van der Waals surface area contributed by atoms with Crippen molar-refractivity contribution in [3.8, 4) is 22.8 Å². The van der Waals surface area contributed by atoms with Crippen LogP contribution in [-0.2, 0) is 0 Å². The zero-order valence-corrected chi connectivity index (χ0v) is 10.4. The maximum Gasteiger partial charge on any atom is 0.219 e. The van der Waals surface area contributed by atoms with Gasteiger partial charge in [-0.15, -0.1) is 0 Å². The molecule has 0 bridgehead atoms. The van der Waals surface area contributed by atoms with Crippen molar-refractivity contribution in [2.45, 2.75) is 0 Å². The van der Waals surface area contributed by atoms with E-state index in [2.05, 4.69) is 17.1 Å². The van der Waals surface area contributed by atoms with Crippen molar-refractivity contribution in [2.24, 2.45) is 0 Å². The Morgan fingerprint density at radius 2 is 1.37 bits per heavy atom. The van der Waals surface area contributed by atoms with Gasteiger partial charge in [0, 0.05) is 12.3 Å². The Bertz CT molecular complexity index is 650. The van der Waals surface area contributed by atoms with Crippen molar-refractivity contribution < 1.29 is 4.74 Å². The molecule has 0 aliphatic heterocycles. The molecular formula is C17H13NO. The number of hydrogen-bond acceptors (Lipinski definition) is 2. The minimum absolute atomic E-state index is 0.604. The molecule has 0 saturated heterocycles. The van der Waals surface area contributed by atoms with Crippen molar-refractivity contribution in [3.63, 3.8) is 0 Å². The van der Waals surface area contributed by atoms with E-state index in [4.69, 9.17) is 4.74 Å². The van der Waals surface area contributed by atoms with E-state index < -0.39 is 0 Å². The first-order chi connectivity index (χ1) is 9.42. The van der Waals surface area contributed by atoms with Gasteiger partial charge in [-0.1, -0.05) is 48.5 Å². The molecule has 0 radical (unpaired) electrons. The summed E-state index contributed by atoms with van der Waals surface area (Å²) in [7, 11) is 0. The lowest BCUT2D eigenvalue weighted by Crippen LogP contribution is -1.88. The maximum atomic E-state index is 5.73. The van der Waals surface area contributed by atoms with Gasteiger partial charge in [-0.05, 0) is 29.3 Å². The molecular weight excluding hydrogens is 234 g/mol. The van der Waals surface area contributed by atoms with Crippen LogP contribution in [0.5, 0.6) is 11.6 Å². The summed E-state index contributed by atoms with van der Waals surface area (Å²) in [4.78, 5) is 4.24. The highest BCUT2D eigenvalue weighted by molar-refractivity contribution is 5.63. The van der Waals surface area contributed by atoms with Crippen LogP contribution in [0.25, 0.3) is 11.1 Å². The number of nitrogens with zero attached hydrogens (tertiary/aromatic N) is 1. The number of rotatable bonds is 3. The van der Waals surface area contributed by atoms with E-state index >= 15 is 0 Å². The fourth-order valence-corrected chi connectivity index (χ4v) is 1.88. The number of aromatic nitrogens is 1. The molecule has 1 heterocycles. The van der Waals surface area contributed by atoms with E-state index in [0.717, 1.165) is 16.9 Å². The molecule has 3 rings (SSSR count). The molecule has 1 aromatic heterocycles. The van der Waals surface area contributed by atoms with Crippen LogP contribution in [0.1, 0.15) is 0 Å². The van der Waals surface area contributed by atoms with Crippen LogP contribution in [-0.4, -0.2) is 4.98 Å². The predicted octanol–water partition coefficient (Wildman–Crippen LogP) is 4.54. The summed E-state index contributed by atoms with van der Waals surface area (Å²) in [6, 6.07) is 23.8. The van der Waals surface area contributed by atoms with E-state index in [1.54, 1.807) is 6.20 Å². The number of ether oxygens (including phenoxy) is 1. The largest absolute Gasteiger partial charge is 0.439 e. The van der Waals surface area contributed by atoms with Gasteiger partial charge in [0.15, 0.2) is 0 Å². The van der Waals surface area contributed by atoms with Gasteiger partial charge in [0.2, 0.25) is 5.88 Å². The molecule has 0 spiro atoms. The monoisotopic (exact) mass is 247 g/mol. The Morgan fingerprint density at radius 3 is 2.11 bits per heavy atom. The van der Waals surface area contributed by atoms with Crippen LogP contribution in [0.2, 0.25) is 0 Å². The second-order valence-electron chi connectivity index (χ2n) is 4.16. The Kier molecular flexibility index (Phi) is 3.24. The quantitative estimate of drug-likeness (QED) is 0.677. The first kappa shape index (κ1) is 11.5.